The summed E-state index contributed by atoms with van der Waals surface area (Å²) < 4.78 is 22.7. The van der Waals surface area contributed by atoms with Crippen molar-refractivity contribution in [1.82, 2.24) is 5.32 Å². The van der Waals surface area contributed by atoms with Crippen molar-refractivity contribution in [3.63, 3.8) is 0 Å². The van der Waals surface area contributed by atoms with E-state index in [1.165, 1.54) is 25.1 Å². The van der Waals surface area contributed by atoms with Gasteiger partial charge in [-0.3, -0.25) is 4.79 Å². The number of carbonyl (C=O) groups excluding carboxylic acids is 1. The van der Waals surface area contributed by atoms with Crippen LogP contribution in [0.15, 0.2) is 18.2 Å². The van der Waals surface area contributed by atoms with Crippen molar-refractivity contribution in [2.45, 2.75) is 24.6 Å². The Morgan fingerprint density at radius 3 is 2.14 bits per heavy atom. The Balaban J connectivity index is 2.91. The fourth-order valence-corrected chi connectivity index (χ4v) is 2.68. The number of hydrogen-bond acceptors (Lipinski definition) is 4. The first kappa shape index (κ1) is 18.7. The number of carbonyl (C=O) groups is 2. The molecule has 1 aromatic rings. The summed E-state index contributed by atoms with van der Waals surface area (Å²) in [4.78, 5) is 23.1. The lowest BCUT2D eigenvalue weighted by atomic mass is 10.1. The van der Waals surface area contributed by atoms with E-state index in [2.05, 4.69) is 5.32 Å². The van der Waals surface area contributed by atoms with E-state index in [4.69, 9.17) is 23.2 Å². The molecule has 0 aliphatic heterocycles. The maximum Gasteiger partial charge on any atom is 0.326 e. The Hall–Kier alpha value is -1.31. The Morgan fingerprint density at radius 2 is 1.73 bits per heavy atom. The second kappa shape index (κ2) is 7.30. The van der Waals surface area contributed by atoms with Gasteiger partial charge in [-0.25, -0.2) is 13.2 Å². The number of halogens is 2. The number of rotatable bonds is 6. The molecule has 1 aromatic carbocycles. The van der Waals surface area contributed by atoms with Gasteiger partial charge in [0.25, 0.3) is 0 Å². The Kier molecular flexibility index (Phi) is 6.22. The molecule has 0 radical (unpaired) electrons. The van der Waals surface area contributed by atoms with Crippen LogP contribution in [-0.2, 0) is 25.8 Å². The summed E-state index contributed by atoms with van der Waals surface area (Å²) in [5.41, 5.74) is 0.511. The summed E-state index contributed by atoms with van der Waals surface area (Å²) in [6.45, 7) is 1.19. The van der Waals surface area contributed by atoms with Gasteiger partial charge in [-0.2, -0.15) is 0 Å². The van der Waals surface area contributed by atoms with E-state index < -0.39 is 33.0 Å². The molecule has 1 rings (SSSR count). The molecule has 1 amide bonds. The van der Waals surface area contributed by atoms with Crippen molar-refractivity contribution >= 4 is 44.9 Å². The predicted octanol–water partition coefficient (Wildman–Crippen LogP) is 1.54. The first-order chi connectivity index (χ1) is 10.0. The van der Waals surface area contributed by atoms with E-state index >= 15 is 0 Å². The van der Waals surface area contributed by atoms with Crippen LogP contribution in [-0.4, -0.2) is 42.9 Å². The molecule has 0 bridgehead atoms. The lowest BCUT2D eigenvalue weighted by molar-refractivity contribution is -0.141. The number of nitrogens with one attached hydrogen (secondary N) is 1. The second-order valence-corrected chi connectivity index (χ2v) is 8.09. The van der Waals surface area contributed by atoms with Crippen molar-refractivity contribution in [2.75, 3.05) is 6.26 Å². The zero-order chi connectivity index (χ0) is 17.1. The average Bonchev–Trinajstić information content (AvgIpc) is 2.34. The van der Waals surface area contributed by atoms with Crippen LogP contribution in [0.3, 0.4) is 0 Å². The molecule has 0 aromatic heterocycles. The maximum atomic E-state index is 11.8. The monoisotopic (exact) mass is 367 g/mol. The van der Waals surface area contributed by atoms with Gasteiger partial charge >= 0.3 is 5.97 Å². The fourth-order valence-electron chi connectivity index (χ4n) is 1.65. The number of carboxylic acids is 1. The largest absolute Gasteiger partial charge is 0.480 e. The number of amides is 1. The normalized spacial score (nSPS) is 14.2. The molecule has 0 saturated carbocycles. The van der Waals surface area contributed by atoms with Crippen LogP contribution in [0, 0.1) is 0 Å². The lowest BCUT2D eigenvalue weighted by Gasteiger charge is -2.17. The summed E-state index contributed by atoms with van der Waals surface area (Å²) in [6.07, 6.45) is 0.835. The van der Waals surface area contributed by atoms with Crippen molar-refractivity contribution in [2.24, 2.45) is 0 Å². The topological polar surface area (TPSA) is 101 Å². The number of sulfone groups is 1. The number of hydrogen-bond donors (Lipinski definition) is 2. The predicted molar refractivity (Wildman–Crippen MR) is 84.0 cm³/mol. The Labute approximate surface area is 138 Å². The third kappa shape index (κ3) is 5.47. The van der Waals surface area contributed by atoms with Gasteiger partial charge in [0.15, 0.2) is 9.84 Å². The molecule has 2 atom stereocenters. The third-order valence-electron chi connectivity index (χ3n) is 2.99. The molecule has 9 heteroatoms. The molecular formula is C13H15Cl2NO5S. The number of benzene rings is 1. The highest BCUT2D eigenvalue weighted by atomic mass is 35.5. The van der Waals surface area contributed by atoms with E-state index in [0.717, 1.165) is 6.26 Å². The zero-order valence-corrected chi connectivity index (χ0v) is 14.2. The van der Waals surface area contributed by atoms with Gasteiger partial charge in [-0.15, -0.1) is 0 Å². The minimum Gasteiger partial charge on any atom is -0.480 e. The molecule has 0 spiro atoms. The lowest BCUT2D eigenvalue weighted by Crippen LogP contribution is -2.47. The smallest absolute Gasteiger partial charge is 0.326 e. The summed E-state index contributed by atoms with van der Waals surface area (Å²) in [6, 6.07) is 3.25. The van der Waals surface area contributed by atoms with Crippen molar-refractivity contribution < 1.29 is 23.1 Å². The highest BCUT2D eigenvalue weighted by molar-refractivity contribution is 7.92. The standard InChI is InChI=1S/C13H15Cl2NO5S/c1-7(22(2,20)21)12(17)16-11(13(18)19)5-8-3-9(14)6-10(15)4-8/h3-4,6-7,11H,5H2,1-2H3,(H,16,17)(H,18,19). The summed E-state index contributed by atoms with van der Waals surface area (Å²) in [7, 11) is -3.61. The van der Waals surface area contributed by atoms with Crippen molar-refractivity contribution in [3.05, 3.63) is 33.8 Å². The van der Waals surface area contributed by atoms with Gasteiger partial charge in [-0.05, 0) is 30.7 Å². The van der Waals surface area contributed by atoms with Gasteiger partial charge < -0.3 is 10.4 Å². The quantitative estimate of drug-likeness (QED) is 0.793. The SMILES string of the molecule is CC(C(=O)NC(Cc1cc(Cl)cc(Cl)c1)C(=O)O)S(C)(=O)=O. The van der Waals surface area contributed by atoms with E-state index in [1.807, 2.05) is 0 Å². The van der Waals surface area contributed by atoms with Gasteiger partial charge in [0.1, 0.15) is 11.3 Å². The van der Waals surface area contributed by atoms with Gasteiger partial charge in [0.05, 0.1) is 0 Å². The number of aliphatic carboxylic acids is 1. The minimum absolute atomic E-state index is 0.0716. The zero-order valence-electron chi connectivity index (χ0n) is 11.8. The molecule has 0 heterocycles. The van der Waals surface area contributed by atoms with Crippen LogP contribution in [0.2, 0.25) is 10.0 Å². The van der Waals surface area contributed by atoms with Crippen LogP contribution in [0.25, 0.3) is 0 Å². The van der Waals surface area contributed by atoms with Crippen molar-refractivity contribution in [3.8, 4) is 0 Å². The second-order valence-electron chi connectivity index (χ2n) is 4.85. The molecule has 6 nitrogen and oxygen atoms in total. The van der Waals surface area contributed by atoms with Gasteiger partial charge in [0.2, 0.25) is 5.91 Å². The molecule has 122 valence electrons. The summed E-state index contributed by atoms with van der Waals surface area (Å²) in [5.74, 6) is -2.16. The van der Waals surface area contributed by atoms with Crippen molar-refractivity contribution in [1.29, 1.82) is 0 Å². The molecule has 0 fully saturated rings. The minimum atomic E-state index is -3.61. The van der Waals surface area contributed by atoms with Crippen LogP contribution >= 0.6 is 23.2 Å². The summed E-state index contributed by atoms with van der Waals surface area (Å²) >= 11 is 11.7. The molecule has 2 N–H and O–H groups in total. The summed E-state index contributed by atoms with van der Waals surface area (Å²) in [5, 5.41) is 10.7. The van der Waals surface area contributed by atoms with E-state index in [9.17, 15) is 23.1 Å². The van der Waals surface area contributed by atoms with Crippen LogP contribution < -0.4 is 5.32 Å². The highest BCUT2D eigenvalue weighted by Gasteiger charge is 2.28. The maximum absolute atomic E-state index is 11.8. The highest BCUT2D eigenvalue weighted by Crippen LogP contribution is 2.20. The van der Waals surface area contributed by atoms with Gasteiger partial charge in [0, 0.05) is 22.7 Å². The first-order valence-electron chi connectivity index (χ1n) is 6.17. The molecular weight excluding hydrogens is 353 g/mol. The first-order valence-corrected chi connectivity index (χ1v) is 8.88. The third-order valence-corrected chi connectivity index (χ3v) is 4.92. The molecule has 0 aliphatic carbocycles. The average molecular weight is 368 g/mol. The molecule has 2 unspecified atom stereocenters. The van der Waals surface area contributed by atoms with Crippen LogP contribution in [0.1, 0.15) is 12.5 Å². The molecule has 22 heavy (non-hydrogen) atoms. The van der Waals surface area contributed by atoms with E-state index in [1.54, 1.807) is 0 Å². The Bertz CT molecular complexity index is 669. The number of carboxylic acid groups (broad SMARTS) is 1. The Morgan fingerprint density at radius 1 is 1.23 bits per heavy atom. The van der Waals surface area contributed by atoms with Crippen LogP contribution in [0.4, 0.5) is 0 Å². The van der Waals surface area contributed by atoms with Crippen LogP contribution in [0.5, 0.6) is 0 Å². The molecule has 0 saturated heterocycles. The van der Waals surface area contributed by atoms with E-state index in [-0.39, 0.29) is 6.42 Å². The van der Waals surface area contributed by atoms with Gasteiger partial charge in [-0.1, -0.05) is 23.2 Å². The molecule has 0 aliphatic rings. The fraction of sp³-hybridized carbons (Fsp3) is 0.385. The van der Waals surface area contributed by atoms with E-state index in [0.29, 0.717) is 15.6 Å².